The van der Waals surface area contributed by atoms with Crippen LogP contribution in [0.1, 0.15) is 19.3 Å². The molecule has 0 bridgehead atoms. The van der Waals surface area contributed by atoms with Crippen LogP contribution in [-0.2, 0) is 14.8 Å². The van der Waals surface area contributed by atoms with Crippen LogP contribution in [0.15, 0.2) is 0 Å². The molecule has 0 spiro atoms. The van der Waals surface area contributed by atoms with Gasteiger partial charge in [0.05, 0.1) is 19.0 Å². The molecule has 0 aromatic heterocycles. The van der Waals surface area contributed by atoms with Gasteiger partial charge in [0, 0.05) is 19.0 Å². The molecule has 7 heteroatoms. The predicted molar refractivity (Wildman–Crippen MR) is 64.3 cm³/mol. The van der Waals surface area contributed by atoms with Crippen LogP contribution in [0.5, 0.6) is 0 Å². The van der Waals surface area contributed by atoms with Gasteiger partial charge in [-0.05, 0) is 19.3 Å². The van der Waals surface area contributed by atoms with Crippen molar-refractivity contribution in [2.24, 2.45) is 0 Å². The average molecular weight is 274 g/mol. The third-order valence-electron chi connectivity index (χ3n) is 1.82. The highest BCUT2D eigenvalue weighted by Gasteiger charge is 2.08. The Balaban J connectivity index is 3.43. The van der Waals surface area contributed by atoms with Gasteiger partial charge in [-0.1, -0.05) is 0 Å². The zero-order valence-electron chi connectivity index (χ0n) is 9.32. The molecule has 2 N–H and O–H groups in total. The van der Waals surface area contributed by atoms with Crippen LogP contribution in [0.25, 0.3) is 0 Å². The summed E-state index contributed by atoms with van der Waals surface area (Å²) in [5.41, 5.74) is 0. The lowest BCUT2D eigenvalue weighted by atomic mass is 10.4. The van der Waals surface area contributed by atoms with Gasteiger partial charge < -0.3 is 9.84 Å². The van der Waals surface area contributed by atoms with Crippen LogP contribution in [0, 0.1) is 0 Å². The highest BCUT2D eigenvalue weighted by atomic mass is 35.5. The van der Waals surface area contributed by atoms with Crippen molar-refractivity contribution >= 4 is 21.6 Å². The van der Waals surface area contributed by atoms with E-state index in [1.165, 1.54) is 0 Å². The van der Waals surface area contributed by atoms with Crippen molar-refractivity contribution < 1.29 is 18.3 Å². The van der Waals surface area contributed by atoms with Crippen molar-refractivity contribution in [3.8, 4) is 0 Å². The number of hydrogen-bond acceptors (Lipinski definition) is 4. The van der Waals surface area contributed by atoms with Gasteiger partial charge in [0.25, 0.3) is 0 Å². The van der Waals surface area contributed by atoms with Gasteiger partial charge in [0.2, 0.25) is 10.0 Å². The second-order valence-electron chi connectivity index (χ2n) is 3.30. The molecule has 0 aliphatic heterocycles. The lowest BCUT2D eigenvalue weighted by Crippen LogP contribution is -2.28. The Hall–Kier alpha value is 0.120. The molecular formula is C9H20ClNO4S. The summed E-state index contributed by atoms with van der Waals surface area (Å²) in [7, 11) is -3.16. The summed E-state index contributed by atoms with van der Waals surface area (Å²) in [5.74, 6) is 0.613. The molecule has 0 fully saturated rings. The molecule has 0 saturated carbocycles. The summed E-state index contributed by atoms with van der Waals surface area (Å²) in [6.07, 6.45) is 1.90. The van der Waals surface area contributed by atoms with E-state index in [0.717, 1.165) is 0 Å². The molecule has 0 unspecified atom stereocenters. The SMILES string of the molecule is O=S(=O)(CCCCCl)NCCCOCCO. The highest BCUT2D eigenvalue weighted by molar-refractivity contribution is 7.89. The van der Waals surface area contributed by atoms with E-state index in [-0.39, 0.29) is 12.4 Å². The summed E-state index contributed by atoms with van der Waals surface area (Å²) in [4.78, 5) is 0. The number of alkyl halides is 1. The van der Waals surface area contributed by atoms with Crippen LogP contribution >= 0.6 is 11.6 Å². The summed E-state index contributed by atoms with van der Waals surface area (Å²) in [6, 6.07) is 0. The molecule has 16 heavy (non-hydrogen) atoms. The van der Waals surface area contributed by atoms with Gasteiger partial charge in [-0.3, -0.25) is 0 Å². The first-order valence-corrected chi connectivity index (χ1v) is 7.53. The molecule has 0 rings (SSSR count). The molecular weight excluding hydrogens is 254 g/mol. The molecule has 5 nitrogen and oxygen atoms in total. The van der Waals surface area contributed by atoms with E-state index in [9.17, 15) is 8.42 Å². The van der Waals surface area contributed by atoms with Crippen molar-refractivity contribution in [3.05, 3.63) is 0 Å². The molecule has 0 radical (unpaired) electrons. The molecule has 0 amide bonds. The van der Waals surface area contributed by atoms with E-state index < -0.39 is 10.0 Å². The average Bonchev–Trinajstić information content (AvgIpc) is 2.23. The van der Waals surface area contributed by atoms with E-state index in [4.69, 9.17) is 21.4 Å². The van der Waals surface area contributed by atoms with E-state index in [2.05, 4.69) is 4.72 Å². The topological polar surface area (TPSA) is 75.6 Å². The van der Waals surface area contributed by atoms with Gasteiger partial charge >= 0.3 is 0 Å². The second kappa shape index (κ2) is 10.3. The molecule has 0 aromatic carbocycles. The van der Waals surface area contributed by atoms with Crippen LogP contribution in [0.3, 0.4) is 0 Å². The predicted octanol–water partition coefficient (Wildman–Crippen LogP) is 0.324. The molecule has 0 aliphatic rings. The minimum Gasteiger partial charge on any atom is -0.394 e. The van der Waals surface area contributed by atoms with Gasteiger partial charge in [0.15, 0.2) is 0 Å². The Kier molecular flexibility index (Phi) is 10.4. The summed E-state index contributed by atoms with van der Waals surface area (Å²) in [5, 5.41) is 8.43. The number of unbranched alkanes of at least 4 members (excludes halogenated alkanes) is 1. The summed E-state index contributed by atoms with van der Waals surface area (Å²) < 4.78 is 30.2. The van der Waals surface area contributed by atoms with Crippen molar-refractivity contribution in [3.63, 3.8) is 0 Å². The van der Waals surface area contributed by atoms with Gasteiger partial charge in [-0.15, -0.1) is 11.6 Å². The minimum absolute atomic E-state index is 0.00977. The third-order valence-corrected chi connectivity index (χ3v) is 3.56. The van der Waals surface area contributed by atoms with E-state index in [0.29, 0.717) is 44.9 Å². The van der Waals surface area contributed by atoms with Crippen molar-refractivity contribution in [1.29, 1.82) is 0 Å². The molecule has 0 aromatic rings. The largest absolute Gasteiger partial charge is 0.394 e. The maximum Gasteiger partial charge on any atom is 0.211 e. The number of halogens is 1. The number of rotatable bonds is 11. The fourth-order valence-electron chi connectivity index (χ4n) is 1.03. The van der Waals surface area contributed by atoms with Crippen LogP contribution in [-0.4, -0.2) is 51.5 Å². The fraction of sp³-hybridized carbons (Fsp3) is 1.00. The number of sulfonamides is 1. The maximum atomic E-state index is 11.4. The minimum atomic E-state index is -3.16. The van der Waals surface area contributed by atoms with Gasteiger partial charge in [-0.25, -0.2) is 13.1 Å². The van der Waals surface area contributed by atoms with E-state index >= 15 is 0 Å². The Morgan fingerprint density at radius 3 is 2.56 bits per heavy atom. The van der Waals surface area contributed by atoms with Crippen molar-refractivity contribution in [2.45, 2.75) is 19.3 Å². The molecule has 98 valence electrons. The first-order chi connectivity index (χ1) is 7.62. The monoisotopic (exact) mass is 273 g/mol. The Morgan fingerprint density at radius 1 is 1.19 bits per heavy atom. The normalized spacial score (nSPS) is 11.9. The first-order valence-electron chi connectivity index (χ1n) is 5.34. The Morgan fingerprint density at radius 2 is 1.94 bits per heavy atom. The number of aliphatic hydroxyl groups excluding tert-OH is 1. The maximum absolute atomic E-state index is 11.4. The number of nitrogens with one attached hydrogen (secondary N) is 1. The summed E-state index contributed by atoms with van der Waals surface area (Å²) in [6.45, 7) is 1.10. The Labute approximate surface area is 102 Å². The van der Waals surface area contributed by atoms with E-state index in [1.807, 2.05) is 0 Å². The smallest absolute Gasteiger partial charge is 0.211 e. The molecule has 0 atom stereocenters. The van der Waals surface area contributed by atoms with Gasteiger partial charge in [-0.2, -0.15) is 0 Å². The first kappa shape index (κ1) is 16.1. The number of hydrogen-bond donors (Lipinski definition) is 2. The molecule has 0 aliphatic carbocycles. The van der Waals surface area contributed by atoms with Crippen LogP contribution in [0.2, 0.25) is 0 Å². The Bertz CT molecular complexity index is 246. The van der Waals surface area contributed by atoms with Crippen molar-refractivity contribution in [1.82, 2.24) is 4.72 Å². The summed E-state index contributed by atoms with van der Waals surface area (Å²) >= 11 is 5.45. The molecule has 0 heterocycles. The van der Waals surface area contributed by atoms with Crippen molar-refractivity contribution in [2.75, 3.05) is 38.0 Å². The standard InChI is InChI=1S/C9H20ClNO4S/c10-4-1-2-9-16(13,14)11-5-3-7-15-8-6-12/h11-12H,1-9H2. The highest BCUT2D eigenvalue weighted by Crippen LogP contribution is 1.96. The molecule has 0 saturated heterocycles. The number of ether oxygens (including phenoxy) is 1. The van der Waals surface area contributed by atoms with E-state index in [1.54, 1.807) is 0 Å². The quantitative estimate of drug-likeness (QED) is 0.420. The fourth-order valence-corrected chi connectivity index (χ4v) is 2.40. The lowest BCUT2D eigenvalue weighted by molar-refractivity contribution is 0.0913. The third kappa shape index (κ3) is 10.6. The zero-order valence-corrected chi connectivity index (χ0v) is 10.9. The van der Waals surface area contributed by atoms with Crippen LogP contribution in [0.4, 0.5) is 0 Å². The number of aliphatic hydroxyl groups is 1. The van der Waals surface area contributed by atoms with Gasteiger partial charge in [0.1, 0.15) is 0 Å². The van der Waals surface area contributed by atoms with Crippen LogP contribution < -0.4 is 4.72 Å². The second-order valence-corrected chi connectivity index (χ2v) is 5.60. The zero-order chi connectivity index (χ0) is 12.3. The lowest BCUT2D eigenvalue weighted by Gasteiger charge is -2.06.